The van der Waals surface area contributed by atoms with Crippen LogP contribution in [0.1, 0.15) is 24.6 Å². The van der Waals surface area contributed by atoms with Crippen molar-refractivity contribution in [2.24, 2.45) is 0 Å². The highest BCUT2D eigenvalue weighted by atomic mass is 16.5. The molecular formula is C21H24N4O2. The highest BCUT2D eigenvalue weighted by Gasteiger charge is 2.24. The summed E-state index contributed by atoms with van der Waals surface area (Å²) in [6, 6.07) is 15.5. The number of benzene rings is 2. The van der Waals surface area contributed by atoms with Gasteiger partial charge in [-0.25, -0.2) is 4.98 Å². The monoisotopic (exact) mass is 364 g/mol. The minimum atomic E-state index is 0.00504. The van der Waals surface area contributed by atoms with E-state index >= 15 is 0 Å². The summed E-state index contributed by atoms with van der Waals surface area (Å²) in [6.45, 7) is 2.20. The van der Waals surface area contributed by atoms with Crippen molar-refractivity contribution in [3.63, 3.8) is 0 Å². The third-order valence-corrected chi connectivity index (χ3v) is 5.10. The molecule has 2 aromatic carbocycles. The van der Waals surface area contributed by atoms with Crippen LogP contribution in [0.3, 0.4) is 0 Å². The third kappa shape index (κ3) is 4.11. The molecule has 4 rings (SSSR count). The zero-order valence-corrected chi connectivity index (χ0v) is 15.4. The molecular weight excluding hydrogens is 340 g/mol. The maximum atomic E-state index is 12.3. The van der Waals surface area contributed by atoms with Crippen LogP contribution in [-0.2, 0) is 4.79 Å². The van der Waals surface area contributed by atoms with Crippen molar-refractivity contribution in [2.45, 2.75) is 18.8 Å². The number of nitrogens with one attached hydrogen (secondary N) is 2. The Bertz CT molecular complexity index is 896. The second kappa shape index (κ2) is 7.80. The molecule has 27 heavy (non-hydrogen) atoms. The van der Waals surface area contributed by atoms with Crippen molar-refractivity contribution in [1.29, 1.82) is 0 Å². The van der Waals surface area contributed by atoms with Gasteiger partial charge in [-0.15, -0.1) is 0 Å². The topological polar surface area (TPSA) is 70.2 Å². The van der Waals surface area contributed by atoms with E-state index in [1.165, 1.54) is 0 Å². The number of para-hydroxylation sites is 2. The summed E-state index contributed by atoms with van der Waals surface area (Å²) in [7, 11) is 1.62. The number of likely N-dealkylation sites (tertiary alicyclic amines) is 1. The molecule has 1 aromatic heterocycles. The molecule has 2 N–H and O–H groups in total. The number of H-pyrrole nitrogens is 1. The molecule has 6 heteroatoms. The van der Waals surface area contributed by atoms with Crippen molar-refractivity contribution in [3.05, 3.63) is 54.4 Å². The molecule has 1 amide bonds. The Morgan fingerprint density at radius 3 is 2.81 bits per heavy atom. The first kappa shape index (κ1) is 17.5. The lowest BCUT2D eigenvalue weighted by Crippen LogP contribution is -2.38. The van der Waals surface area contributed by atoms with Gasteiger partial charge in [0, 0.05) is 17.7 Å². The van der Waals surface area contributed by atoms with Gasteiger partial charge < -0.3 is 15.0 Å². The van der Waals surface area contributed by atoms with Gasteiger partial charge in [0.05, 0.1) is 24.7 Å². The number of nitrogens with zero attached hydrogens (tertiary/aromatic N) is 2. The summed E-state index contributed by atoms with van der Waals surface area (Å²) in [5.41, 5.74) is 2.87. The summed E-state index contributed by atoms with van der Waals surface area (Å²) in [5, 5.41) is 2.95. The summed E-state index contributed by atoms with van der Waals surface area (Å²) in [6.07, 6.45) is 2.01. The van der Waals surface area contributed by atoms with Crippen LogP contribution in [0.4, 0.5) is 5.69 Å². The van der Waals surface area contributed by atoms with Crippen LogP contribution in [-0.4, -0.2) is 47.5 Å². The number of piperidine rings is 1. The standard InChI is InChI=1S/C21H24N4O2/c1-27-17-6-4-5-16(13-17)22-20(26)14-25-11-9-15(10-12-25)21-23-18-7-2-3-8-19(18)24-21/h2-8,13,15H,9-12,14H2,1H3,(H,22,26)(H,23,24). The number of anilines is 1. The molecule has 3 aromatic rings. The Balaban J connectivity index is 1.30. The van der Waals surface area contributed by atoms with Crippen LogP contribution in [0.2, 0.25) is 0 Å². The Hall–Kier alpha value is -2.86. The number of aromatic amines is 1. The summed E-state index contributed by atoms with van der Waals surface area (Å²) < 4.78 is 5.19. The number of imidazole rings is 1. The number of carbonyl (C=O) groups is 1. The molecule has 6 nitrogen and oxygen atoms in total. The smallest absolute Gasteiger partial charge is 0.238 e. The Morgan fingerprint density at radius 2 is 2.04 bits per heavy atom. The minimum absolute atomic E-state index is 0.00504. The SMILES string of the molecule is COc1cccc(NC(=O)CN2CCC(c3nc4ccccc4[nH]3)CC2)c1. The van der Waals surface area contributed by atoms with Crippen LogP contribution in [0.25, 0.3) is 11.0 Å². The average molecular weight is 364 g/mol. The van der Waals surface area contributed by atoms with Gasteiger partial charge in [-0.2, -0.15) is 0 Å². The molecule has 0 aliphatic carbocycles. The number of carbonyl (C=O) groups excluding carboxylic acids is 1. The zero-order chi connectivity index (χ0) is 18.6. The summed E-state index contributed by atoms with van der Waals surface area (Å²) >= 11 is 0. The summed E-state index contributed by atoms with van der Waals surface area (Å²) in [5.74, 6) is 2.23. The number of methoxy groups -OCH3 is 1. The first-order valence-electron chi connectivity index (χ1n) is 9.32. The van der Waals surface area contributed by atoms with Crippen LogP contribution in [0.5, 0.6) is 5.75 Å². The van der Waals surface area contributed by atoms with E-state index in [9.17, 15) is 4.79 Å². The van der Waals surface area contributed by atoms with E-state index in [1.54, 1.807) is 7.11 Å². The van der Waals surface area contributed by atoms with Gasteiger partial charge >= 0.3 is 0 Å². The van der Waals surface area contributed by atoms with E-state index < -0.39 is 0 Å². The normalized spacial score (nSPS) is 15.7. The van der Waals surface area contributed by atoms with E-state index in [0.717, 1.165) is 54.2 Å². The number of ether oxygens (including phenoxy) is 1. The molecule has 2 heterocycles. The van der Waals surface area contributed by atoms with Crippen LogP contribution in [0, 0.1) is 0 Å². The number of rotatable bonds is 5. The van der Waals surface area contributed by atoms with Crippen LogP contribution >= 0.6 is 0 Å². The molecule has 0 spiro atoms. The highest BCUT2D eigenvalue weighted by Crippen LogP contribution is 2.27. The van der Waals surface area contributed by atoms with E-state index in [0.29, 0.717) is 12.5 Å². The summed E-state index contributed by atoms with van der Waals surface area (Å²) in [4.78, 5) is 22.7. The minimum Gasteiger partial charge on any atom is -0.497 e. The number of hydrogen-bond acceptors (Lipinski definition) is 4. The average Bonchev–Trinajstić information content (AvgIpc) is 3.13. The van der Waals surface area contributed by atoms with Gasteiger partial charge in [-0.05, 0) is 50.2 Å². The maximum absolute atomic E-state index is 12.3. The van der Waals surface area contributed by atoms with Crippen molar-refractivity contribution < 1.29 is 9.53 Å². The first-order valence-corrected chi connectivity index (χ1v) is 9.32. The predicted octanol–water partition coefficient (Wildman–Crippen LogP) is 3.39. The van der Waals surface area contributed by atoms with Crippen LogP contribution < -0.4 is 10.1 Å². The second-order valence-electron chi connectivity index (χ2n) is 6.97. The van der Waals surface area contributed by atoms with Gasteiger partial charge in [0.2, 0.25) is 5.91 Å². The van der Waals surface area contributed by atoms with Crippen molar-refractivity contribution in [2.75, 3.05) is 32.1 Å². The van der Waals surface area contributed by atoms with Crippen molar-refractivity contribution in [1.82, 2.24) is 14.9 Å². The van der Waals surface area contributed by atoms with Crippen LogP contribution in [0.15, 0.2) is 48.5 Å². The van der Waals surface area contributed by atoms with Crippen molar-refractivity contribution in [3.8, 4) is 5.75 Å². The quantitative estimate of drug-likeness (QED) is 0.728. The number of amides is 1. The molecule has 0 saturated carbocycles. The molecule has 1 aliphatic rings. The molecule has 1 aliphatic heterocycles. The van der Waals surface area contributed by atoms with E-state index in [1.807, 2.05) is 42.5 Å². The second-order valence-corrected chi connectivity index (χ2v) is 6.97. The molecule has 0 atom stereocenters. The van der Waals surface area contributed by atoms with Gasteiger partial charge in [-0.3, -0.25) is 9.69 Å². The first-order chi connectivity index (χ1) is 13.2. The number of fused-ring (bicyclic) bond motifs is 1. The fourth-order valence-corrected chi connectivity index (χ4v) is 3.63. The van der Waals surface area contributed by atoms with E-state index in [2.05, 4.69) is 21.3 Å². The fourth-order valence-electron chi connectivity index (χ4n) is 3.63. The Labute approximate surface area is 158 Å². The molecule has 0 unspecified atom stereocenters. The van der Waals surface area contributed by atoms with E-state index in [4.69, 9.17) is 9.72 Å². The van der Waals surface area contributed by atoms with Crippen molar-refractivity contribution >= 4 is 22.6 Å². The lowest BCUT2D eigenvalue weighted by molar-refractivity contribution is -0.117. The lowest BCUT2D eigenvalue weighted by Gasteiger charge is -2.30. The van der Waals surface area contributed by atoms with Gasteiger partial charge in [-0.1, -0.05) is 18.2 Å². The van der Waals surface area contributed by atoms with E-state index in [-0.39, 0.29) is 5.91 Å². The number of aromatic nitrogens is 2. The molecule has 0 bridgehead atoms. The van der Waals surface area contributed by atoms with Gasteiger partial charge in [0.25, 0.3) is 0 Å². The Morgan fingerprint density at radius 1 is 1.22 bits per heavy atom. The molecule has 1 saturated heterocycles. The fraction of sp³-hybridized carbons (Fsp3) is 0.333. The van der Waals surface area contributed by atoms with Gasteiger partial charge in [0.15, 0.2) is 0 Å². The largest absolute Gasteiger partial charge is 0.497 e. The highest BCUT2D eigenvalue weighted by molar-refractivity contribution is 5.92. The van der Waals surface area contributed by atoms with Gasteiger partial charge in [0.1, 0.15) is 11.6 Å². The third-order valence-electron chi connectivity index (χ3n) is 5.10. The molecule has 140 valence electrons. The molecule has 0 radical (unpaired) electrons. The lowest BCUT2D eigenvalue weighted by atomic mass is 9.96. The maximum Gasteiger partial charge on any atom is 0.238 e. The molecule has 1 fully saturated rings. The number of hydrogen-bond donors (Lipinski definition) is 2. The predicted molar refractivity (Wildman–Crippen MR) is 106 cm³/mol. The Kier molecular flexibility index (Phi) is 5.07. The zero-order valence-electron chi connectivity index (χ0n) is 15.4.